The lowest BCUT2D eigenvalue weighted by molar-refractivity contribution is -0.908. The SMILES string of the molecule is COC(=O)c1ccc2c(=O)[nH]c(C[NH+](C)Cc3ccc(Br)cc3)nc2c1. The van der Waals surface area contributed by atoms with E-state index in [4.69, 9.17) is 4.74 Å². The molecule has 1 aromatic heterocycles. The second kappa shape index (κ2) is 7.80. The van der Waals surface area contributed by atoms with Gasteiger partial charge in [0.15, 0.2) is 5.82 Å². The van der Waals surface area contributed by atoms with Crippen molar-refractivity contribution in [2.45, 2.75) is 13.1 Å². The van der Waals surface area contributed by atoms with Crippen LogP contribution in [0.25, 0.3) is 10.9 Å². The van der Waals surface area contributed by atoms with Crippen LogP contribution in [-0.2, 0) is 17.8 Å². The number of esters is 1. The van der Waals surface area contributed by atoms with Crippen molar-refractivity contribution < 1.29 is 14.4 Å². The highest BCUT2D eigenvalue weighted by Gasteiger charge is 2.12. The van der Waals surface area contributed by atoms with Gasteiger partial charge in [0.2, 0.25) is 0 Å². The Morgan fingerprint density at radius 2 is 1.92 bits per heavy atom. The predicted molar refractivity (Wildman–Crippen MR) is 102 cm³/mol. The van der Waals surface area contributed by atoms with Gasteiger partial charge in [0.25, 0.3) is 5.56 Å². The molecule has 0 radical (unpaired) electrons. The van der Waals surface area contributed by atoms with Crippen molar-refractivity contribution in [3.8, 4) is 0 Å². The average molecular weight is 417 g/mol. The Bertz CT molecular complexity index is 999. The van der Waals surface area contributed by atoms with Gasteiger partial charge in [-0.05, 0) is 30.3 Å². The Labute approximate surface area is 158 Å². The molecule has 1 heterocycles. The van der Waals surface area contributed by atoms with Gasteiger partial charge < -0.3 is 14.6 Å². The quantitative estimate of drug-likeness (QED) is 0.620. The fourth-order valence-electron chi connectivity index (χ4n) is 2.82. The van der Waals surface area contributed by atoms with Crippen molar-refractivity contribution in [2.24, 2.45) is 0 Å². The molecule has 3 aromatic rings. The molecule has 2 aromatic carbocycles. The number of hydrogen-bond acceptors (Lipinski definition) is 4. The number of nitrogens with one attached hydrogen (secondary N) is 2. The number of fused-ring (bicyclic) bond motifs is 1. The summed E-state index contributed by atoms with van der Waals surface area (Å²) in [5.41, 5.74) is 1.85. The Kier molecular flexibility index (Phi) is 5.49. The van der Waals surface area contributed by atoms with Crippen LogP contribution in [0.4, 0.5) is 0 Å². The molecule has 0 aliphatic rings. The predicted octanol–water partition coefficient (Wildman–Crippen LogP) is 1.69. The van der Waals surface area contributed by atoms with Crippen molar-refractivity contribution in [2.75, 3.05) is 14.2 Å². The number of ether oxygens (including phenoxy) is 1. The molecular weight excluding hydrogens is 398 g/mol. The van der Waals surface area contributed by atoms with Gasteiger partial charge in [-0.3, -0.25) is 4.79 Å². The molecule has 0 saturated carbocycles. The first-order valence-electron chi connectivity index (χ1n) is 8.13. The van der Waals surface area contributed by atoms with Crippen molar-refractivity contribution >= 4 is 32.8 Å². The highest BCUT2D eigenvalue weighted by atomic mass is 79.9. The minimum Gasteiger partial charge on any atom is -0.465 e. The largest absolute Gasteiger partial charge is 0.465 e. The summed E-state index contributed by atoms with van der Waals surface area (Å²) in [5.74, 6) is 0.132. The number of hydrogen-bond donors (Lipinski definition) is 2. The van der Waals surface area contributed by atoms with E-state index in [1.807, 2.05) is 19.2 Å². The topological polar surface area (TPSA) is 76.5 Å². The first kappa shape index (κ1) is 18.3. The first-order chi connectivity index (χ1) is 12.5. The van der Waals surface area contributed by atoms with Crippen molar-refractivity contribution in [3.63, 3.8) is 0 Å². The monoisotopic (exact) mass is 416 g/mol. The molecule has 134 valence electrons. The molecule has 0 bridgehead atoms. The lowest BCUT2D eigenvalue weighted by Crippen LogP contribution is -3.06. The van der Waals surface area contributed by atoms with E-state index in [1.165, 1.54) is 17.6 Å². The van der Waals surface area contributed by atoms with E-state index < -0.39 is 5.97 Å². The molecule has 0 spiro atoms. The summed E-state index contributed by atoms with van der Waals surface area (Å²) in [6, 6.07) is 12.9. The maximum Gasteiger partial charge on any atom is 0.337 e. The van der Waals surface area contributed by atoms with Gasteiger partial charge in [-0.15, -0.1) is 0 Å². The Morgan fingerprint density at radius 1 is 1.19 bits per heavy atom. The molecule has 1 unspecified atom stereocenters. The summed E-state index contributed by atoms with van der Waals surface area (Å²) in [5, 5.41) is 0.451. The van der Waals surface area contributed by atoms with Crippen LogP contribution in [0, 0.1) is 0 Å². The lowest BCUT2D eigenvalue weighted by Gasteiger charge is -2.14. The average Bonchev–Trinajstić information content (AvgIpc) is 2.62. The van der Waals surface area contributed by atoms with Gasteiger partial charge in [-0.2, -0.15) is 0 Å². The number of methoxy groups -OCH3 is 1. The van der Waals surface area contributed by atoms with Gasteiger partial charge >= 0.3 is 5.97 Å². The number of carbonyl (C=O) groups is 1. The minimum atomic E-state index is -0.450. The molecular formula is C19H19BrN3O3+. The smallest absolute Gasteiger partial charge is 0.337 e. The maximum atomic E-state index is 12.3. The van der Waals surface area contributed by atoms with Crippen LogP contribution in [0.3, 0.4) is 0 Å². The number of halogens is 1. The fraction of sp³-hybridized carbons (Fsp3) is 0.211. The lowest BCUT2D eigenvalue weighted by atomic mass is 10.1. The number of carbonyl (C=O) groups excluding carboxylic acids is 1. The molecule has 7 heteroatoms. The molecule has 2 N–H and O–H groups in total. The van der Waals surface area contributed by atoms with Crippen molar-refractivity contribution in [1.82, 2.24) is 9.97 Å². The Hall–Kier alpha value is -2.51. The third-order valence-corrected chi connectivity index (χ3v) is 4.59. The van der Waals surface area contributed by atoms with E-state index in [9.17, 15) is 9.59 Å². The van der Waals surface area contributed by atoms with Gasteiger partial charge in [-0.25, -0.2) is 9.78 Å². The zero-order valence-electron chi connectivity index (χ0n) is 14.5. The highest BCUT2D eigenvalue weighted by molar-refractivity contribution is 9.10. The number of benzene rings is 2. The second-order valence-corrected chi connectivity index (χ2v) is 7.09. The molecule has 3 rings (SSSR count). The summed E-state index contributed by atoms with van der Waals surface area (Å²) in [6.07, 6.45) is 0. The maximum absolute atomic E-state index is 12.3. The molecule has 0 aliphatic heterocycles. The summed E-state index contributed by atoms with van der Waals surface area (Å²) in [6.45, 7) is 1.36. The van der Waals surface area contributed by atoms with E-state index in [2.05, 4.69) is 38.0 Å². The van der Waals surface area contributed by atoms with Crippen LogP contribution in [0.5, 0.6) is 0 Å². The van der Waals surface area contributed by atoms with Crippen LogP contribution < -0.4 is 10.5 Å². The van der Waals surface area contributed by atoms with Gasteiger partial charge in [0.1, 0.15) is 13.1 Å². The van der Waals surface area contributed by atoms with Crippen LogP contribution in [-0.4, -0.2) is 30.1 Å². The van der Waals surface area contributed by atoms with E-state index in [0.717, 1.165) is 11.0 Å². The van der Waals surface area contributed by atoms with Gasteiger partial charge in [0, 0.05) is 10.0 Å². The number of aromatic nitrogens is 2. The van der Waals surface area contributed by atoms with E-state index >= 15 is 0 Å². The fourth-order valence-corrected chi connectivity index (χ4v) is 3.08. The van der Waals surface area contributed by atoms with E-state index in [1.54, 1.807) is 18.2 Å². The zero-order valence-corrected chi connectivity index (χ0v) is 16.1. The molecule has 0 fully saturated rings. The Balaban J connectivity index is 1.83. The number of rotatable bonds is 5. The summed E-state index contributed by atoms with van der Waals surface area (Å²) < 4.78 is 5.77. The van der Waals surface area contributed by atoms with Crippen LogP contribution >= 0.6 is 15.9 Å². The third-order valence-electron chi connectivity index (χ3n) is 4.07. The molecule has 26 heavy (non-hydrogen) atoms. The zero-order chi connectivity index (χ0) is 18.7. The standard InChI is InChI=1S/C19H18BrN3O3/c1-23(10-12-3-6-14(20)7-4-12)11-17-21-16-9-13(19(25)26-2)5-8-15(16)18(24)22-17/h3-9H,10-11H2,1-2H3,(H,21,22,24)/p+1. The first-order valence-corrected chi connectivity index (χ1v) is 8.92. The van der Waals surface area contributed by atoms with Crippen molar-refractivity contribution in [3.05, 3.63) is 74.2 Å². The molecule has 1 atom stereocenters. The summed E-state index contributed by atoms with van der Waals surface area (Å²) in [4.78, 5) is 32.5. The number of quaternary nitrogens is 1. The number of nitrogens with zero attached hydrogens (tertiary/aromatic N) is 1. The van der Waals surface area contributed by atoms with Crippen LogP contribution in [0.2, 0.25) is 0 Å². The normalized spacial score (nSPS) is 12.1. The van der Waals surface area contributed by atoms with Crippen LogP contribution in [0.15, 0.2) is 51.7 Å². The molecule has 0 aliphatic carbocycles. The third kappa shape index (κ3) is 4.17. The van der Waals surface area contributed by atoms with E-state index in [-0.39, 0.29) is 5.56 Å². The van der Waals surface area contributed by atoms with E-state index in [0.29, 0.717) is 28.8 Å². The number of aromatic amines is 1. The summed E-state index contributed by atoms with van der Waals surface area (Å²) in [7, 11) is 3.36. The second-order valence-electron chi connectivity index (χ2n) is 6.17. The van der Waals surface area contributed by atoms with Gasteiger partial charge in [0.05, 0.1) is 30.6 Å². The number of H-pyrrole nitrogens is 1. The highest BCUT2D eigenvalue weighted by Crippen LogP contribution is 2.12. The summed E-state index contributed by atoms with van der Waals surface area (Å²) >= 11 is 3.43. The Morgan fingerprint density at radius 3 is 2.62 bits per heavy atom. The van der Waals surface area contributed by atoms with Crippen molar-refractivity contribution in [1.29, 1.82) is 0 Å². The minimum absolute atomic E-state index is 0.210. The van der Waals surface area contributed by atoms with Gasteiger partial charge in [-0.1, -0.05) is 28.1 Å². The molecule has 0 saturated heterocycles. The molecule has 0 amide bonds. The molecule has 6 nitrogen and oxygen atoms in total. The van der Waals surface area contributed by atoms with Crippen LogP contribution in [0.1, 0.15) is 21.7 Å².